The summed E-state index contributed by atoms with van der Waals surface area (Å²) < 4.78 is 16.8. The fraction of sp³-hybridized carbons (Fsp3) is 0.758. The second kappa shape index (κ2) is 56.4. The zero-order valence-corrected chi connectivity index (χ0v) is 44.9. The van der Waals surface area contributed by atoms with Crippen LogP contribution in [0.1, 0.15) is 284 Å². The third-order valence-corrected chi connectivity index (χ3v) is 12.4. The minimum absolute atomic E-state index is 0.0885. The van der Waals surface area contributed by atoms with Crippen LogP contribution in [0.5, 0.6) is 0 Å². The Balaban J connectivity index is 4.39. The molecule has 0 aliphatic rings. The molecule has 1 unspecified atom stereocenters. The molecular weight excluding hydrogens is 841 g/mol. The summed E-state index contributed by atoms with van der Waals surface area (Å²) >= 11 is 0. The second-order valence-corrected chi connectivity index (χ2v) is 19.2. The molecule has 0 aromatic carbocycles. The monoisotopic (exact) mass is 949 g/mol. The van der Waals surface area contributed by atoms with E-state index in [9.17, 15) is 14.4 Å². The van der Waals surface area contributed by atoms with Crippen molar-refractivity contribution in [2.75, 3.05) is 13.2 Å². The summed E-state index contributed by atoms with van der Waals surface area (Å²) in [5.41, 5.74) is 0. The molecule has 0 rings (SSSR count). The zero-order valence-electron chi connectivity index (χ0n) is 44.9. The smallest absolute Gasteiger partial charge is 0.306 e. The van der Waals surface area contributed by atoms with Crippen molar-refractivity contribution in [3.05, 3.63) is 72.9 Å². The molecule has 0 aliphatic carbocycles. The predicted molar refractivity (Wildman–Crippen MR) is 293 cm³/mol. The van der Waals surface area contributed by atoms with Crippen LogP contribution in [0.2, 0.25) is 0 Å². The molecule has 0 aromatic heterocycles. The summed E-state index contributed by atoms with van der Waals surface area (Å²) in [5.74, 6) is -0.921. The van der Waals surface area contributed by atoms with Crippen molar-refractivity contribution in [2.24, 2.45) is 0 Å². The van der Waals surface area contributed by atoms with E-state index in [-0.39, 0.29) is 31.1 Å². The molecule has 392 valence electrons. The van der Waals surface area contributed by atoms with Crippen molar-refractivity contribution in [2.45, 2.75) is 290 Å². The average molecular weight is 950 g/mol. The van der Waals surface area contributed by atoms with Crippen LogP contribution >= 0.6 is 0 Å². The average Bonchev–Trinajstić information content (AvgIpc) is 3.34. The highest BCUT2D eigenvalue weighted by molar-refractivity contribution is 5.71. The zero-order chi connectivity index (χ0) is 49.3. The number of rotatable bonds is 52. The molecule has 6 heteroatoms. The topological polar surface area (TPSA) is 78.9 Å². The Labute approximate surface area is 421 Å². The van der Waals surface area contributed by atoms with Gasteiger partial charge in [0.25, 0.3) is 0 Å². The standard InChI is InChI=1S/C62H108O6/c1-4-7-10-13-16-19-22-25-27-29-31-33-34-37-40-43-46-49-52-55-61(64)67-58-59(57-66-60(63)54-51-48-45-42-39-36-24-21-18-15-12-9-6-3)68-62(65)56-53-50-47-44-41-38-35-32-30-28-26-23-20-17-14-11-8-5-2/h9,12,18,20-21,23,25,27-28,30,36,39,59H,4-8,10-11,13-17,19,22,24,26,29,31-35,37-38,40-58H2,1-3H3/b12-9-,21-18-,23-20-,27-25-,30-28-,39-36-. The van der Waals surface area contributed by atoms with Crippen molar-refractivity contribution in [3.63, 3.8) is 0 Å². The van der Waals surface area contributed by atoms with Gasteiger partial charge in [0, 0.05) is 19.3 Å². The maximum Gasteiger partial charge on any atom is 0.306 e. The van der Waals surface area contributed by atoms with Crippen LogP contribution in [-0.4, -0.2) is 37.2 Å². The molecule has 0 aromatic rings. The first kappa shape index (κ1) is 64.8. The minimum Gasteiger partial charge on any atom is -0.462 e. The van der Waals surface area contributed by atoms with E-state index in [1.165, 1.54) is 148 Å². The molecule has 0 amide bonds. The Morgan fingerprint density at radius 2 is 0.574 bits per heavy atom. The number of esters is 3. The van der Waals surface area contributed by atoms with Gasteiger partial charge >= 0.3 is 17.9 Å². The highest BCUT2D eigenvalue weighted by Gasteiger charge is 2.19. The first-order valence-corrected chi connectivity index (χ1v) is 28.9. The summed E-state index contributed by atoms with van der Waals surface area (Å²) in [6.07, 6.45) is 71.8. The largest absolute Gasteiger partial charge is 0.462 e. The fourth-order valence-corrected chi connectivity index (χ4v) is 8.07. The molecule has 0 aliphatic heterocycles. The van der Waals surface area contributed by atoms with Gasteiger partial charge in [-0.2, -0.15) is 0 Å². The Bertz CT molecular complexity index is 1270. The number of carbonyl (C=O) groups is 3. The number of unbranched alkanes of at least 4 members (excludes halogenated alkanes) is 29. The van der Waals surface area contributed by atoms with Gasteiger partial charge in [0.05, 0.1) is 0 Å². The number of hydrogen-bond acceptors (Lipinski definition) is 6. The van der Waals surface area contributed by atoms with E-state index < -0.39 is 6.10 Å². The van der Waals surface area contributed by atoms with E-state index in [1.807, 2.05) is 0 Å². The van der Waals surface area contributed by atoms with Crippen LogP contribution < -0.4 is 0 Å². The maximum absolute atomic E-state index is 12.9. The van der Waals surface area contributed by atoms with Gasteiger partial charge in [-0.05, 0) is 109 Å². The molecular formula is C62H108O6. The summed E-state index contributed by atoms with van der Waals surface area (Å²) in [6, 6.07) is 0. The molecule has 0 saturated heterocycles. The molecule has 0 bridgehead atoms. The third kappa shape index (κ3) is 53.8. The number of ether oxygens (including phenoxy) is 3. The molecule has 6 nitrogen and oxygen atoms in total. The van der Waals surface area contributed by atoms with Gasteiger partial charge in [0.2, 0.25) is 0 Å². The third-order valence-electron chi connectivity index (χ3n) is 12.4. The molecule has 1 atom stereocenters. The number of carbonyl (C=O) groups excluding carboxylic acids is 3. The summed E-state index contributed by atoms with van der Waals surface area (Å²) in [4.78, 5) is 38.1. The van der Waals surface area contributed by atoms with Gasteiger partial charge in [-0.25, -0.2) is 0 Å². The highest BCUT2D eigenvalue weighted by atomic mass is 16.6. The van der Waals surface area contributed by atoms with E-state index in [0.29, 0.717) is 19.3 Å². The Morgan fingerprint density at radius 1 is 0.309 bits per heavy atom. The Kier molecular flexibility index (Phi) is 53.8. The number of hydrogen-bond donors (Lipinski definition) is 0. The van der Waals surface area contributed by atoms with Gasteiger partial charge in [0.1, 0.15) is 13.2 Å². The summed E-state index contributed by atoms with van der Waals surface area (Å²) in [7, 11) is 0. The van der Waals surface area contributed by atoms with Gasteiger partial charge < -0.3 is 14.2 Å². The van der Waals surface area contributed by atoms with Crippen LogP contribution in [0, 0.1) is 0 Å². The molecule has 0 heterocycles. The van der Waals surface area contributed by atoms with Crippen molar-refractivity contribution in [1.82, 2.24) is 0 Å². The van der Waals surface area contributed by atoms with Gasteiger partial charge in [-0.1, -0.05) is 229 Å². The maximum atomic E-state index is 12.9. The second-order valence-electron chi connectivity index (χ2n) is 19.2. The van der Waals surface area contributed by atoms with Crippen LogP contribution in [0.15, 0.2) is 72.9 Å². The number of allylic oxidation sites excluding steroid dienone is 12. The lowest BCUT2D eigenvalue weighted by molar-refractivity contribution is -0.167. The lowest BCUT2D eigenvalue weighted by Gasteiger charge is -2.18. The van der Waals surface area contributed by atoms with Crippen molar-refractivity contribution in [1.29, 1.82) is 0 Å². The Hall–Kier alpha value is -3.15. The van der Waals surface area contributed by atoms with Gasteiger partial charge in [0.15, 0.2) is 6.10 Å². The quantitative estimate of drug-likeness (QED) is 0.0262. The van der Waals surface area contributed by atoms with E-state index in [2.05, 4.69) is 93.7 Å². The fourth-order valence-electron chi connectivity index (χ4n) is 8.07. The SMILES string of the molecule is CC/C=C\C/C=C\C/C=C\CCCCCC(=O)OCC(COC(=O)CCCCCCCCCCC/C=C\CCCCCCCC)OC(=O)CCCCCCCCC/C=C\C/C=C\CCCCCC. The first-order valence-electron chi connectivity index (χ1n) is 28.9. The summed E-state index contributed by atoms with van der Waals surface area (Å²) in [6.45, 7) is 6.49. The molecule has 0 saturated carbocycles. The van der Waals surface area contributed by atoms with Crippen LogP contribution in [0.25, 0.3) is 0 Å². The van der Waals surface area contributed by atoms with Gasteiger partial charge in [-0.15, -0.1) is 0 Å². The van der Waals surface area contributed by atoms with E-state index in [4.69, 9.17) is 14.2 Å². The minimum atomic E-state index is -0.793. The molecule has 0 spiro atoms. The van der Waals surface area contributed by atoms with Gasteiger partial charge in [-0.3, -0.25) is 14.4 Å². The van der Waals surface area contributed by atoms with Crippen molar-refractivity contribution < 1.29 is 28.6 Å². The summed E-state index contributed by atoms with van der Waals surface area (Å²) in [5, 5.41) is 0. The van der Waals surface area contributed by atoms with Crippen LogP contribution in [0.4, 0.5) is 0 Å². The van der Waals surface area contributed by atoms with Crippen LogP contribution in [-0.2, 0) is 28.6 Å². The highest BCUT2D eigenvalue weighted by Crippen LogP contribution is 2.15. The molecule has 0 fully saturated rings. The molecule has 68 heavy (non-hydrogen) atoms. The van der Waals surface area contributed by atoms with Crippen molar-refractivity contribution >= 4 is 17.9 Å². The van der Waals surface area contributed by atoms with E-state index >= 15 is 0 Å². The van der Waals surface area contributed by atoms with Crippen LogP contribution in [0.3, 0.4) is 0 Å². The normalized spacial score (nSPS) is 12.6. The molecule has 0 N–H and O–H groups in total. The van der Waals surface area contributed by atoms with E-state index in [0.717, 1.165) is 96.3 Å². The van der Waals surface area contributed by atoms with E-state index in [1.54, 1.807) is 0 Å². The first-order chi connectivity index (χ1) is 33.5. The molecule has 0 radical (unpaired) electrons. The lowest BCUT2D eigenvalue weighted by atomic mass is 10.1. The van der Waals surface area contributed by atoms with Crippen molar-refractivity contribution in [3.8, 4) is 0 Å². The predicted octanol–water partition coefficient (Wildman–Crippen LogP) is 19.4. The Morgan fingerprint density at radius 3 is 0.941 bits per heavy atom. The lowest BCUT2D eigenvalue weighted by Crippen LogP contribution is -2.30.